The van der Waals surface area contributed by atoms with Gasteiger partial charge in [-0.1, -0.05) is 13.3 Å². The summed E-state index contributed by atoms with van der Waals surface area (Å²) in [6.07, 6.45) is 8.45. The quantitative estimate of drug-likeness (QED) is 0.233. The van der Waals surface area contributed by atoms with Gasteiger partial charge in [0.05, 0.1) is 6.61 Å². The molecule has 1 amide bonds. The molecule has 1 saturated heterocycles. The van der Waals surface area contributed by atoms with Crippen LogP contribution in [0.3, 0.4) is 0 Å². The number of halogens is 1. The number of hydrogen-bond donors (Lipinski definition) is 2. The zero-order chi connectivity index (χ0) is 30.2. The number of hydrogen-bond acceptors (Lipinski definition) is 8. The molecule has 1 aliphatic heterocycles. The number of benzene rings is 1. The first kappa shape index (κ1) is 37.2. The first-order valence-electron chi connectivity index (χ1n) is 14.0. The number of aryl methyl sites for hydroxylation is 1. The third-order valence-electron chi connectivity index (χ3n) is 6.49. The highest BCUT2D eigenvalue weighted by Crippen LogP contribution is 2.22. The minimum absolute atomic E-state index is 0.136. The van der Waals surface area contributed by atoms with Crippen LogP contribution in [-0.4, -0.2) is 76.7 Å². The Bertz CT molecular complexity index is 918. The lowest BCUT2D eigenvalue weighted by Gasteiger charge is -2.12. The third kappa shape index (κ3) is 17.7. The van der Waals surface area contributed by atoms with Gasteiger partial charge in [0.1, 0.15) is 24.3 Å². The fourth-order valence-electron chi connectivity index (χ4n) is 3.83. The van der Waals surface area contributed by atoms with Crippen molar-refractivity contribution in [2.75, 3.05) is 45.9 Å². The Hall–Kier alpha value is -2.82. The largest absolute Gasteiger partial charge is 0.468 e. The third-order valence-corrected chi connectivity index (χ3v) is 6.49. The number of ether oxygens (including phenoxy) is 2. The second-order valence-electron chi connectivity index (χ2n) is 9.81. The van der Waals surface area contributed by atoms with Crippen LogP contribution in [0.4, 0.5) is 10.1 Å². The molecular weight excluding hydrogens is 517 g/mol. The van der Waals surface area contributed by atoms with E-state index in [0.29, 0.717) is 32.5 Å². The van der Waals surface area contributed by atoms with Crippen LogP contribution in [0.25, 0.3) is 11.0 Å². The van der Waals surface area contributed by atoms with E-state index in [0.717, 1.165) is 60.4 Å². The number of aldehydes is 1. The van der Waals surface area contributed by atoms with E-state index >= 15 is 0 Å². The van der Waals surface area contributed by atoms with Gasteiger partial charge in [0.2, 0.25) is 6.41 Å². The minimum Gasteiger partial charge on any atom is -0.468 e. The summed E-state index contributed by atoms with van der Waals surface area (Å²) in [7, 11) is 3.80. The number of methoxy groups -OCH3 is 1. The second-order valence-corrected chi connectivity index (χ2v) is 9.81. The number of nitrogens with two attached hydrogens (primary N) is 1. The van der Waals surface area contributed by atoms with Gasteiger partial charge in [0.25, 0.3) is 6.47 Å². The van der Waals surface area contributed by atoms with E-state index in [1.807, 2.05) is 32.0 Å². The maximum atomic E-state index is 11.9. The average molecular weight is 568 g/mol. The maximum absolute atomic E-state index is 11.9. The number of anilines is 1. The van der Waals surface area contributed by atoms with Crippen LogP contribution in [0, 0.1) is 12.8 Å². The highest BCUT2D eigenvalue weighted by Gasteiger charge is 2.14. The molecule has 0 saturated carbocycles. The Balaban J connectivity index is 0.000000523. The van der Waals surface area contributed by atoms with Crippen molar-refractivity contribution in [3.8, 4) is 0 Å². The number of rotatable bonds is 14. The molecule has 2 aromatic rings. The Morgan fingerprint density at radius 3 is 2.45 bits per heavy atom. The molecule has 228 valence electrons. The summed E-state index contributed by atoms with van der Waals surface area (Å²) in [5, 5.41) is 3.59. The zero-order valence-electron chi connectivity index (χ0n) is 24.9. The van der Waals surface area contributed by atoms with Gasteiger partial charge in [-0.25, -0.2) is 4.39 Å². The van der Waals surface area contributed by atoms with E-state index in [2.05, 4.69) is 28.9 Å². The van der Waals surface area contributed by atoms with Crippen molar-refractivity contribution in [2.24, 2.45) is 11.7 Å². The number of carbonyl (C=O) groups excluding carboxylic acids is 3. The number of furan rings is 1. The van der Waals surface area contributed by atoms with Crippen molar-refractivity contribution < 1.29 is 32.7 Å². The molecule has 0 spiro atoms. The molecule has 0 radical (unpaired) electrons. The Labute approximate surface area is 238 Å². The molecule has 3 N–H and O–H groups in total. The average Bonchev–Trinajstić information content (AvgIpc) is 3.52. The first-order valence-corrected chi connectivity index (χ1v) is 14.0. The van der Waals surface area contributed by atoms with Crippen LogP contribution in [0.5, 0.6) is 0 Å². The van der Waals surface area contributed by atoms with Crippen LogP contribution in [0.15, 0.2) is 28.7 Å². The lowest BCUT2D eigenvalue weighted by molar-refractivity contribution is -0.129. The summed E-state index contributed by atoms with van der Waals surface area (Å²) in [4.78, 5) is 32.5. The van der Waals surface area contributed by atoms with Crippen molar-refractivity contribution in [1.82, 2.24) is 4.90 Å². The standard InChI is InChI=1S/C10H9NO2.C9H18FNO.C6H13N.C5H10O3/c1-7-4-8-5-9(11-6-12)2-3-10(8)13-7;1-2-8(7-12)4-3-5-9(11)6-10;1-6-4-3-5-7(6)2;1-7-3-2-4-8-5-6/h2-6H,1H3,(H,11,12);7-9H,2-6,11H2,1H3;6H,3-5H2,1-2H3;5H,2-4H2,1H3. The molecule has 0 bridgehead atoms. The van der Waals surface area contributed by atoms with Crippen LogP contribution in [0.2, 0.25) is 0 Å². The number of nitrogens with one attached hydrogen (secondary N) is 1. The van der Waals surface area contributed by atoms with Crippen molar-refractivity contribution in [3.05, 3.63) is 30.0 Å². The Morgan fingerprint density at radius 2 is 1.95 bits per heavy atom. The lowest BCUT2D eigenvalue weighted by Crippen LogP contribution is -2.22. The fourth-order valence-corrected chi connectivity index (χ4v) is 3.83. The van der Waals surface area contributed by atoms with Gasteiger partial charge in [-0.15, -0.1) is 0 Å². The molecule has 0 aliphatic carbocycles. The van der Waals surface area contributed by atoms with E-state index in [4.69, 9.17) is 14.9 Å². The zero-order valence-corrected chi connectivity index (χ0v) is 24.9. The van der Waals surface area contributed by atoms with Crippen LogP contribution < -0.4 is 11.1 Å². The van der Waals surface area contributed by atoms with Crippen LogP contribution >= 0.6 is 0 Å². The molecule has 1 aliphatic rings. The SMILES string of the molecule is CC1CCCN1C.CCC(C=O)CCCC(N)CF.COCCCOC=O.Cc1cc2cc(NC=O)ccc2o1. The minimum atomic E-state index is -0.460. The summed E-state index contributed by atoms with van der Waals surface area (Å²) in [5.74, 6) is 1.01. The number of carbonyl (C=O) groups is 3. The molecule has 10 heteroatoms. The fraction of sp³-hybridized carbons (Fsp3) is 0.633. The predicted molar refractivity (Wildman–Crippen MR) is 158 cm³/mol. The summed E-state index contributed by atoms with van der Waals surface area (Å²) >= 11 is 0. The summed E-state index contributed by atoms with van der Waals surface area (Å²) in [6.45, 7) is 8.55. The topological polar surface area (TPSA) is 124 Å². The lowest BCUT2D eigenvalue weighted by atomic mass is 9.99. The van der Waals surface area contributed by atoms with E-state index < -0.39 is 6.67 Å². The molecule has 40 heavy (non-hydrogen) atoms. The van der Waals surface area contributed by atoms with Gasteiger partial charge in [0, 0.05) is 49.2 Å². The maximum Gasteiger partial charge on any atom is 0.293 e. The van der Waals surface area contributed by atoms with E-state index in [9.17, 15) is 18.8 Å². The van der Waals surface area contributed by atoms with Crippen molar-refractivity contribution in [1.29, 1.82) is 0 Å². The van der Waals surface area contributed by atoms with Crippen LogP contribution in [0.1, 0.15) is 64.6 Å². The Kier molecular flexibility index (Phi) is 22.3. The number of alkyl halides is 1. The molecule has 2 heterocycles. The molecule has 9 nitrogen and oxygen atoms in total. The van der Waals surface area contributed by atoms with Gasteiger partial charge in [0.15, 0.2) is 0 Å². The van der Waals surface area contributed by atoms with Gasteiger partial charge >= 0.3 is 0 Å². The summed E-state index contributed by atoms with van der Waals surface area (Å²) < 4.78 is 26.3. The molecule has 1 aromatic carbocycles. The highest BCUT2D eigenvalue weighted by molar-refractivity contribution is 5.84. The highest BCUT2D eigenvalue weighted by atomic mass is 19.1. The van der Waals surface area contributed by atoms with Crippen molar-refractivity contribution in [2.45, 2.75) is 77.8 Å². The number of fused-ring (bicyclic) bond motifs is 1. The first-order chi connectivity index (χ1) is 19.3. The monoisotopic (exact) mass is 567 g/mol. The number of nitrogens with zero attached hydrogens (tertiary/aromatic N) is 1. The molecule has 3 atom stereocenters. The summed E-state index contributed by atoms with van der Waals surface area (Å²) in [6, 6.07) is 7.97. The van der Waals surface area contributed by atoms with Gasteiger partial charge < -0.3 is 34.6 Å². The van der Waals surface area contributed by atoms with Crippen molar-refractivity contribution >= 4 is 35.8 Å². The molecular formula is C30H50FN3O6. The van der Waals surface area contributed by atoms with E-state index in [-0.39, 0.29) is 12.0 Å². The van der Waals surface area contributed by atoms with Gasteiger partial charge in [-0.05, 0) is 83.8 Å². The van der Waals surface area contributed by atoms with E-state index in [1.54, 1.807) is 13.2 Å². The van der Waals surface area contributed by atoms with E-state index in [1.165, 1.54) is 19.4 Å². The molecule has 3 unspecified atom stereocenters. The van der Waals surface area contributed by atoms with Crippen molar-refractivity contribution in [3.63, 3.8) is 0 Å². The normalized spacial score (nSPS) is 15.7. The molecule has 3 rings (SSSR count). The number of amides is 1. The van der Waals surface area contributed by atoms with Gasteiger partial charge in [-0.2, -0.15) is 0 Å². The Morgan fingerprint density at radius 1 is 1.20 bits per heavy atom. The number of likely N-dealkylation sites (tertiary alicyclic amines) is 1. The molecule has 1 aromatic heterocycles. The smallest absolute Gasteiger partial charge is 0.293 e. The van der Waals surface area contributed by atoms with Crippen LogP contribution in [-0.2, 0) is 23.9 Å². The molecule has 1 fully saturated rings. The second kappa shape index (κ2) is 24.0. The summed E-state index contributed by atoms with van der Waals surface area (Å²) in [5.41, 5.74) is 7.00. The van der Waals surface area contributed by atoms with Gasteiger partial charge in [-0.3, -0.25) is 9.59 Å². The predicted octanol–water partition coefficient (Wildman–Crippen LogP) is 5.28.